The smallest absolute Gasteiger partial charge is 0.394 e. The van der Waals surface area contributed by atoms with Gasteiger partial charge in [-0.25, -0.2) is 9.13 Å². The number of ketones is 2. The number of aliphatic hydroxyl groups is 12. The molecule has 2 amide bonds. The summed E-state index contributed by atoms with van der Waals surface area (Å²) in [5.74, 6) is -2.97. The Morgan fingerprint density at radius 3 is 1.32 bits per heavy atom. The average Bonchev–Trinajstić information content (AvgIpc) is 3.36. The highest BCUT2D eigenvalue weighted by Gasteiger charge is 2.46. The number of rotatable bonds is 36. The fraction of sp³-hybridized carbons (Fsp3) is 0.900. The first-order chi connectivity index (χ1) is 34.7. The Kier molecular flexibility index (Phi) is 34.0. The van der Waals surface area contributed by atoms with Crippen molar-refractivity contribution >= 4 is 39.0 Å². The molecule has 18 atom stereocenters. The second-order valence-electron chi connectivity index (χ2n) is 17.0. The van der Waals surface area contributed by atoms with Gasteiger partial charge in [-0.15, -0.1) is 0 Å². The van der Waals surface area contributed by atoms with Crippen molar-refractivity contribution in [1.82, 2.24) is 21.3 Å². The molecule has 0 aromatic heterocycles. The highest BCUT2D eigenvalue weighted by molar-refractivity contribution is 7.47. The Labute approximate surface area is 426 Å². The number of phosphoric ester groups is 2. The summed E-state index contributed by atoms with van der Waals surface area (Å²) in [4.78, 5) is 65.8. The van der Waals surface area contributed by atoms with Crippen LogP contribution in [-0.2, 0) is 65.4 Å². The summed E-state index contributed by atoms with van der Waals surface area (Å²) in [6.45, 7) is -2.83. The zero-order valence-electron chi connectivity index (χ0n) is 41.4. The molecule has 436 valence electrons. The van der Waals surface area contributed by atoms with E-state index in [9.17, 15) is 94.3 Å². The molecule has 0 saturated carbocycles. The minimum atomic E-state index is -4.75. The Balaban J connectivity index is 0.000000740. The Morgan fingerprint density at radius 2 is 0.946 bits per heavy atom. The molecule has 2 aliphatic rings. The Hall–Kier alpha value is -2.22. The lowest BCUT2D eigenvalue weighted by Gasteiger charge is -2.42. The van der Waals surface area contributed by atoms with Crippen LogP contribution >= 0.6 is 15.6 Å². The topological polar surface area (TPSA) is 508 Å². The Morgan fingerprint density at radius 1 is 0.554 bits per heavy atom. The first-order valence-corrected chi connectivity index (χ1v) is 26.3. The molecule has 0 aromatic carbocycles. The highest BCUT2D eigenvalue weighted by atomic mass is 31.2. The predicted octanol–water partition coefficient (Wildman–Crippen LogP) is -8.04. The number of carbonyl (C=O) groups is 4. The van der Waals surface area contributed by atoms with Crippen LogP contribution < -0.4 is 21.3 Å². The molecule has 32 nitrogen and oxygen atoms in total. The SMILES string of the molecule is CNCC(=O)CCC(=O)NCCOP(=O)(O)OC[C@@H](O[C@@H]1OC(CO)[C@@H](O)[C@H](O)C1C)[C@@H](O)[C@@H](O)CO.CNCC(=O)CCC(=O)NCCOP(=O)(O)OC[C@H](O)[C@H](O)[C@@H](CO)OC1OC(CO)[C@@H](O)[C@H](O)C1C. The van der Waals surface area contributed by atoms with Crippen LogP contribution in [0, 0.1) is 11.8 Å². The molecule has 2 heterocycles. The number of aliphatic hydroxyl groups excluding tert-OH is 12. The zero-order chi connectivity index (χ0) is 56.3. The molecular formula is C40H78N4O28P2. The van der Waals surface area contributed by atoms with Gasteiger partial charge in [-0.1, -0.05) is 13.8 Å². The van der Waals surface area contributed by atoms with E-state index >= 15 is 0 Å². The van der Waals surface area contributed by atoms with Gasteiger partial charge in [0.1, 0.15) is 72.6 Å². The number of carbonyl (C=O) groups excluding carboxylic acids is 4. The molecule has 0 aromatic rings. The van der Waals surface area contributed by atoms with Crippen molar-refractivity contribution in [3.05, 3.63) is 0 Å². The van der Waals surface area contributed by atoms with E-state index in [4.69, 9.17) is 33.1 Å². The summed E-state index contributed by atoms with van der Waals surface area (Å²) >= 11 is 0. The van der Waals surface area contributed by atoms with Gasteiger partial charge in [0.25, 0.3) is 0 Å². The van der Waals surface area contributed by atoms with E-state index in [-0.39, 0.29) is 63.4 Å². The van der Waals surface area contributed by atoms with Gasteiger partial charge in [0, 0.05) is 50.6 Å². The van der Waals surface area contributed by atoms with Gasteiger partial charge in [0.2, 0.25) is 11.8 Å². The van der Waals surface area contributed by atoms with Crippen molar-refractivity contribution in [2.45, 2.75) is 125 Å². The highest BCUT2D eigenvalue weighted by Crippen LogP contribution is 2.44. The molecule has 74 heavy (non-hydrogen) atoms. The third-order valence-electron chi connectivity index (χ3n) is 11.1. The van der Waals surface area contributed by atoms with Gasteiger partial charge < -0.3 is 111 Å². The largest absolute Gasteiger partial charge is 0.472 e. The second-order valence-corrected chi connectivity index (χ2v) is 19.9. The number of ether oxygens (including phenoxy) is 4. The standard InChI is InChI=1S/2C20H39N2O14P/c1-11-17(28)19(30)15(9-24)36-20(11)35-14(8-23)18(29)13(26)10-34-37(31,32)33-6-5-22-16(27)4-3-12(25)7-21-2;1-11-17(28)19(30)14(9-24)35-20(11)36-15(18(29)13(26)8-23)10-34-37(31,32)33-6-5-22-16(27)4-3-12(25)7-21-2/h2*11,13-15,17-21,23-24,26,28-30H,3-10H2,1-2H3,(H,22,27)(H,31,32)/t11?,13-,14+,15?,17+,18-,19+,20?;11?,13-,14?,15+,17+,18-,19+,20-/m00/s1. The van der Waals surface area contributed by atoms with Crippen LogP contribution in [0.5, 0.6) is 0 Å². The summed E-state index contributed by atoms with van der Waals surface area (Å²) < 4.78 is 64.8. The number of nitrogens with one attached hydrogen (secondary N) is 4. The van der Waals surface area contributed by atoms with Gasteiger partial charge in [-0.05, 0) is 14.1 Å². The predicted molar refractivity (Wildman–Crippen MR) is 248 cm³/mol. The summed E-state index contributed by atoms with van der Waals surface area (Å²) in [6.07, 6.45) is -21.0. The average molecular weight is 1130 g/mol. The third kappa shape index (κ3) is 25.5. The molecule has 0 bridgehead atoms. The van der Waals surface area contributed by atoms with Gasteiger partial charge >= 0.3 is 15.6 Å². The first kappa shape index (κ1) is 69.8. The Bertz CT molecular complexity index is 1730. The molecule has 2 fully saturated rings. The molecular weight excluding hydrogens is 1050 g/mol. The van der Waals surface area contributed by atoms with E-state index in [0.29, 0.717) is 0 Å². The maximum absolute atomic E-state index is 12.2. The van der Waals surface area contributed by atoms with Crippen LogP contribution in [0.15, 0.2) is 0 Å². The van der Waals surface area contributed by atoms with E-state index in [1.165, 1.54) is 13.8 Å². The van der Waals surface area contributed by atoms with E-state index in [1.54, 1.807) is 14.1 Å². The number of likely N-dealkylation sites (N-methyl/N-ethyl adjacent to an activating group) is 2. The summed E-state index contributed by atoms with van der Waals surface area (Å²) in [6, 6.07) is 0. The maximum atomic E-state index is 12.2. The molecule has 2 saturated heterocycles. The molecule has 2 rings (SSSR count). The van der Waals surface area contributed by atoms with E-state index in [2.05, 4.69) is 30.3 Å². The minimum absolute atomic E-state index is 0.0247. The second kappa shape index (κ2) is 36.0. The molecule has 0 radical (unpaired) electrons. The zero-order valence-corrected chi connectivity index (χ0v) is 43.2. The molecule has 0 aliphatic carbocycles. The fourth-order valence-corrected chi connectivity index (χ4v) is 8.09. The van der Waals surface area contributed by atoms with Crippen molar-refractivity contribution in [1.29, 1.82) is 0 Å². The molecule has 18 N–H and O–H groups in total. The number of Topliss-reactive ketones (excluding diaryl/α,β-unsaturated/α-hetero) is 2. The summed E-state index contributed by atoms with van der Waals surface area (Å²) in [5, 5.41) is 128. The van der Waals surface area contributed by atoms with Gasteiger partial charge in [-0.2, -0.15) is 0 Å². The summed E-state index contributed by atoms with van der Waals surface area (Å²) in [7, 11) is -6.25. The fourth-order valence-electron chi connectivity index (χ4n) is 6.62. The van der Waals surface area contributed by atoms with Crippen LogP contribution in [-0.4, -0.2) is 273 Å². The first-order valence-electron chi connectivity index (χ1n) is 23.3. The maximum Gasteiger partial charge on any atom is 0.472 e. The third-order valence-corrected chi connectivity index (χ3v) is 13.1. The number of phosphoric acid groups is 2. The minimum Gasteiger partial charge on any atom is -0.394 e. The van der Waals surface area contributed by atoms with Crippen LogP contribution in [0.4, 0.5) is 0 Å². The van der Waals surface area contributed by atoms with Crippen molar-refractivity contribution in [2.24, 2.45) is 11.8 Å². The molecule has 7 unspecified atom stereocenters. The number of amides is 2. The van der Waals surface area contributed by atoms with Gasteiger partial charge in [0.15, 0.2) is 12.6 Å². The van der Waals surface area contributed by atoms with Gasteiger partial charge in [0.05, 0.1) is 78.2 Å². The van der Waals surface area contributed by atoms with E-state index < -0.39 is 178 Å². The molecule has 0 spiro atoms. The van der Waals surface area contributed by atoms with Crippen molar-refractivity contribution in [3.8, 4) is 0 Å². The lowest BCUT2D eigenvalue weighted by atomic mass is 9.92. The lowest BCUT2D eigenvalue weighted by molar-refractivity contribution is -0.306. The van der Waals surface area contributed by atoms with Crippen LogP contribution in [0.3, 0.4) is 0 Å². The normalized spacial score (nSPS) is 28.2. The van der Waals surface area contributed by atoms with Crippen molar-refractivity contribution in [3.63, 3.8) is 0 Å². The quantitative estimate of drug-likeness (QED) is 0.0205. The van der Waals surface area contributed by atoms with Crippen molar-refractivity contribution in [2.75, 3.05) is 93.1 Å². The van der Waals surface area contributed by atoms with Gasteiger partial charge in [-0.3, -0.25) is 37.3 Å². The molecule has 34 heteroatoms. The van der Waals surface area contributed by atoms with Crippen molar-refractivity contribution < 1.29 is 136 Å². The van der Waals surface area contributed by atoms with Crippen LogP contribution in [0.2, 0.25) is 0 Å². The number of hydrogen-bond acceptors (Lipinski definition) is 28. The van der Waals surface area contributed by atoms with E-state index in [1.807, 2.05) is 0 Å². The monoisotopic (exact) mass is 1120 g/mol. The van der Waals surface area contributed by atoms with E-state index in [0.717, 1.165) is 0 Å². The molecule has 2 aliphatic heterocycles. The summed E-state index contributed by atoms with van der Waals surface area (Å²) in [5.41, 5.74) is 0. The van der Waals surface area contributed by atoms with Crippen LogP contribution in [0.25, 0.3) is 0 Å². The lowest BCUT2D eigenvalue weighted by Crippen LogP contribution is -2.57. The van der Waals surface area contributed by atoms with Crippen LogP contribution in [0.1, 0.15) is 39.5 Å². The number of hydrogen-bond donors (Lipinski definition) is 18.